The van der Waals surface area contributed by atoms with Crippen molar-refractivity contribution in [1.82, 2.24) is 0 Å². The fourth-order valence-corrected chi connectivity index (χ4v) is 3.00. The summed E-state index contributed by atoms with van der Waals surface area (Å²) in [5, 5.41) is 2.69. The summed E-state index contributed by atoms with van der Waals surface area (Å²) in [5.41, 5.74) is 0.541. The number of thioether (sulfide) groups is 1. The third-order valence-electron chi connectivity index (χ3n) is 3.73. The first kappa shape index (κ1) is 18.9. The molecule has 1 amide bonds. The van der Waals surface area contributed by atoms with Gasteiger partial charge in [0.1, 0.15) is 5.75 Å². The number of carbonyl (C=O) groups excluding carboxylic acids is 2. The fraction of sp³-hybridized carbons (Fsp3) is 0.263. The highest BCUT2D eigenvalue weighted by Crippen LogP contribution is 2.34. The van der Waals surface area contributed by atoms with Crippen molar-refractivity contribution >= 4 is 29.3 Å². The van der Waals surface area contributed by atoms with Gasteiger partial charge < -0.3 is 24.3 Å². The average molecular weight is 389 g/mol. The van der Waals surface area contributed by atoms with Gasteiger partial charge in [0.25, 0.3) is 5.91 Å². The minimum absolute atomic E-state index is 0.105. The van der Waals surface area contributed by atoms with Gasteiger partial charge in [0.2, 0.25) is 6.79 Å². The summed E-state index contributed by atoms with van der Waals surface area (Å²) in [7, 11) is 1.59. The van der Waals surface area contributed by atoms with E-state index in [1.165, 1.54) is 18.7 Å². The molecule has 0 spiro atoms. The molecular formula is C19H19NO6S. The normalized spacial score (nSPS) is 13.0. The number of esters is 1. The lowest BCUT2D eigenvalue weighted by Crippen LogP contribution is -2.30. The summed E-state index contributed by atoms with van der Waals surface area (Å²) in [6, 6.07) is 12.4. The Bertz CT molecular complexity index is 823. The van der Waals surface area contributed by atoms with Crippen LogP contribution in [0.4, 0.5) is 5.69 Å². The maximum absolute atomic E-state index is 12.2. The van der Waals surface area contributed by atoms with E-state index in [4.69, 9.17) is 18.9 Å². The van der Waals surface area contributed by atoms with E-state index in [-0.39, 0.29) is 12.5 Å². The van der Waals surface area contributed by atoms with E-state index in [0.717, 1.165) is 10.6 Å². The minimum atomic E-state index is -0.917. The van der Waals surface area contributed by atoms with Crippen molar-refractivity contribution in [3.63, 3.8) is 0 Å². The zero-order valence-electron chi connectivity index (χ0n) is 14.9. The zero-order chi connectivity index (χ0) is 19.2. The standard InChI is InChI=1S/C19H19NO6S/c1-12(19(22)20-13-3-8-16-17(9-13)25-11-24-16)26-18(21)10-27-15-6-4-14(23-2)5-7-15/h3-9,12H,10-11H2,1-2H3,(H,20,22)/t12-/m1/s1. The van der Waals surface area contributed by atoms with Crippen molar-refractivity contribution < 1.29 is 28.5 Å². The Kier molecular flexibility index (Phi) is 6.08. The molecule has 2 aromatic rings. The molecule has 1 N–H and O–H groups in total. The lowest BCUT2D eigenvalue weighted by molar-refractivity contribution is -0.150. The Morgan fingerprint density at radius 3 is 2.63 bits per heavy atom. The topological polar surface area (TPSA) is 83.1 Å². The number of amides is 1. The average Bonchev–Trinajstić information content (AvgIpc) is 3.14. The molecule has 1 heterocycles. The van der Waals surface area contributed by atoms with Crippen molar-refractivity contribution in [2.45, 2.75) is 17.9 Å². The van der Waals surface area contributed by atoms with Crippen molar-refractivity contribution in [2.75, 3.05) is 25.0 Å². The van der Waals surface area contributed by atoms with E-state index in [2.05, 4.69) is 5.32 Å². The molecule has 0 bridgehead atoms. The number of rotatable bonds is 7. The lowest BCUT2D eigenvalue weighted by Gasteiger charge is -2.13. The van der Waals surface area contributed by atoms with Gasteiger partial charge >= 0.3 is 5.97 Å². The van der Waals surface area contributed by atoms with Crippen molar-refractivity contribution in [3.05, 3.63) is 42.5 Å². The Morgan fingerprint density at radius 2 is 1.89 bits per heavy atom. The first-order valence-corrected chi connectivity index (χ1v) is 9.20. The Labute approximate surface area is 160 Å². The fourth-order valence-electron chi connectivity index (χ4n) is 2.32. The Balaban J connectivity index is 1.46. The van der Waals surface area contributed by atoms with Crippen LogP contribution in [0.5, 0.6) is 17.2 Å². The van der Waals surface area contributed by atoms with Crippen LogP contribution in [0.3, 0.4) is 0 Å². The smallest absolute Gasteiger partial charge is 0.317 e. The SMILES string of the molecule is COc1ccc(SCC(=O)O[C@H](C)C(=O)Nc2ccc3c(c2)OCO3)cc1. The molecule has 1 aliphatic rings. The zero-order valence-corrected chi connectivity index (χ0v) is 15.7. The van der Waals surface area contributed by atoms with Gasteiger partial charge in [-0.1, -0.05) is 0 Å². The third kappa shape index (κ3) is 5.07. The molecule has 2 aromatic carbocycles. The summed E-state index contributed by atoms with van der Waals surface area (Å²) in [5.74, 6) is 1.15. The second-order valence-electron chi connectivity index (χ2n) is 5.65. The summed E-state index contributed by atoms with van der Waals surface area (Å²) < 4.78 is 20.8. The lowest BCUT2D eigenvalue weighted by atomic mass is 10.2. The van der Waals surface area contributed by atoms with Crippen LogP contribution >= 0.6 is 11.8 Å². The van der Waals surface area contributed by atoms with E-state index < -0.39 is 18.0 Å². The van der Waals surface area contributed by atoms with Gasteiger partial charge in [0, 0.05) is 16.6 Å². The molecule has 0 aliphatic carbocycles. The van der Waals surface area contributed by atoms with E-state index in [0.29, 0.717) is 17.2 Å². The summed E-state index contributed by atoms with van der Waals surface area (Å²) in [6.45, 7) is 1.69. The van der Waals surface area contributed by atoms with Gasteiger partial charge in [-0.25, -0.2) is 0 Å². The predicted molar refractivity (Wildman–Crippen MR) is 100 cm³/mol. The highest BCUT2D eigenvalue weighted by atomic mass is 32.2. The Hall–Kier alpha value is -2.87. The first-order chi connectivity index (χ1) is 13.0. The molecular weight excluding hydrogens is 370 g/mol. The number of nitrogens with one attached hydrogen (secondary N) is 1. The number of benzene rings is 2. The molecule has 0 unspecified atom stereocenters. The second kappa shape index (κ2) is 8.68. The number of methoxy groups -OCH3 is 1. The van der Waals surface area contributed by atoms with Crippen molar-refractivity contribution in [2.24, 2.45) is 0 Å². The molecule has 0 fully saturated rings. The number of ether oxygens (including phenoxy) is 4. The van der Waals surface area contributed by atoms with E-state index >= 15 is 0 Å². The van der Waals surface area contributed by atoms with Crippen LogP contribution < -0.4 is 19.5 Å². The summed E-state index contributed by atoms with van der Waals surface area (Å²) >= 11 is 1.33. The van der Waals surface area contributed by atoms with Gasteiger partial charge in [-0.05, 0) is 43.3 Å². The van der Waals surface area contributed by atoms with Crippen LogP contribution in [0, 0.1) is 0 Å². The molecule has 0 saturated heterocycles. The molecule has 142 valence electrons. The van der Waals surface area contributed by atoms with E-state index in [1.807, 2.05) is 24.3 Å². The minimum Gasteiger partial charge on any atom is -0.497 e. The van der Waals surface area contributed by atoms with Crippen LogP contribution in [0.25, 0.3) is 0 Å². The number of fused-ring (bicyclic) bond motifs is 1. The molecule has 8 heteroatoms. The van der Waals surface area contributed by atoms with Crippen LogP contribution in [0.2, 0.25) is 0 Å². The largest absolute Gasteiger partial charge is 0.497 e. The predicted octanol–water partition coefficient (Wildman–Crippen LogP) is 3.09. The first-order valence-electron chi connectivity index (χ1n) is 8.22. The second-order valence-corrected chi connectivity index (χ2v) is 6.70. The number of carbonyl (C=O) groups is 2. The van der Waals surface area contributed by atoms with Crippen LogP contribution in [-0.2, 0) is 14.3 Å². The molecule has 1 aliphatic heterocycles. The van der Waals surface area contributed by atoms with E-state index in [9.17, 15) is 9.59 Å². The highest BCUT2D eigenvalue weighted by Gasteiger charge is 2.20. The van der Waals surface area contributed by atoms with Gasteiger partial charge in [0.05, 0.1) is 12.9 Å². The quantitative estimate of drug-likeness (QED) is 0.575. The molecule has 0 saturated carbocycles. The monoisotopic (exact) mass is 389 g/mol. The number of hydrogen-bond acceptors (Lipinski definition) is 7. The van der Waals surface area contributed by atoms with Crippen molar-refractivity contribution in [1.29, 1.82) is 0 Å². The van der Waals surface area contributed by atoms with Crippen LogP contribution in [0.15, 0.2) is 47.4 Å². The summed E-state index contributed by atoms with van der Waals surface area (Å²) in [6.07, 6.45) is -0.917. The molecule has 0 radical (unpaired) electrons. The van der Waals surface area contributed by atoms with Gasteiger partial charge in [0.15, 0.2) is 17.6 Å². The molecule has 27 heavy (non-hydrogen) atoms. The molecule has 0 aromatic heterocycles. The molecule has 7 nitrogen and oxygen atoms in total. The van der Waals surface area contributed by atoms with Crippen LogP contribution in [-0.4, -0.2) is 37.6 Å². The maximum atomic E-state index is 12.2. The highest BCUT2D eigenvalue weighted by molar-refractivity contribution is 8.00. The van der Waals surface area contributed by atoms with Gasteiger partial charge in [-0.3, -0.25) is 9.59 Å². The molecule has 1 atom stereocenters. The van der Waals surface area contributed by atoms with E-state index in [1.54, 1.807) is 25.3 Å². The van der Waals surface area contributed by atoms with Crippen LogP contribution in [0.1, 0.15) is 6.92 Å². The molecule has 3 rings (SSSR count). The summed E-state index contributed by atoms with van der Waals surface area (Å²) in [4.78, 5) is 25.1. The maximum Gasteiger partial charge on any atom is 0.317 e. The van der Waals surface area contributed by atoms with Gasteiger partial charge in [-0.2, -0.15) is 0 Å². The Morgan fingerprint density at radius 1 is 1.15 bits per heavy atom. The number of anilines is 1. The van der Waals surface area contributed by atoms with Crippen molar-refractivity contribution in [3.8, 4) is 17.2 Å². The number of hydrogen-bond donors (Lipinski definition) is 1. The van der Waals surface area contributed by atoms with Gasteiger partial charge in [-0.15, -0.1) is 11.8 Å². The third-order valence-corrected chi connectivity index (χ3v) is 4.72.